The minimum Gasteiger partial charge on any atom is -0.490 e. The van der Waals surface area contributed by atoms with Gasteiger partial charge in [-0.15, -0.1) is 11.3 Å². The molecular weight excluding hydrogens is 200 g/mol. The number of hydrogen-bond acceptors (Lipinski definition) is 4. The summed E-state index contributed by atoms with van der Waals surface area (Å²) in [6, 6.07) is 1.76. The fourth-order valence-corrected chi connectivity index (χ4v) is 2.06. The Bertz CT molecular complexity index is 302. The predicted octanol–water partition coefficient (Wildman–Crippen LogP) is 2.12. The van der Waals surface area contributed by atoms with Gasteiger partial charge in [0.2, 0.25) is 0 Å². The molecule has 4 heteroatoms. The van der Waals surface area contributed by atoms with Crippen molar-refractivity contribution in [3.8, 4) is 5.75 Å². The number of aldehydes is 1. The van der Waals surface area contributed by atoms with Gasteiger partial charge in [0.25, 0.3) is 0 Å². The molecular formula is C10H12O3S. The Morgan fingerprint density at radius 3 is 3.29 bits per heavy atom. The van der Waals surface area contributed by atoms with E-state index in [1.54, 1.807) is 6.07 Å². The van der Waals surface area contributed by atoms with Crippen LogP contribution in [0.5, 0.6) is 5.75 Å². The third-order valence-electron chi connectivity index (χ3n) is 2.17. The highest BCUT2D eigenvalue weighted by molar-refractivity contribution is 7.11. The normalized spacial score (nSPS) is 21.0. The average molecular weight is 212 g/mol. The smallest absolute Gasteiger partial charge is 0.160 e. The summed E-state index contributed by atoms with van der Waals surface area (Å²) in [4.78, 5) is 11.1. The standard InChI is InChI=1S/C10H12O3S/c11-5-10-4-9(7-14-10)13-6-8-2-1-3-12-8/h4-5,7-8H,1-3,6H2. The van der Waals surface area contributed by atoms with E-state index in [-0.39, 0.29) is 6.10 Å². The Hall–Kier alpha value is -0.870. The second-order valence-electron chi connectivity index (χ2n) is 3.25. The van der Waals surface area contributed by atoms with Crippen molar-refractivity contribution in [2.45, 2.75) is 18.9 Å². The van der Waals surface area contributed by atoms with Crippen molar-refractivity contribution in [3.63, 3.8) is 0 Å². The van der Waals surface area contributed by atoms with Crippen molar-refractivity contribution in [1.29, 1.82) is 0 Å². The van der Waals surface area contributed by atoms with Gasteiger partial charge in [0.1, 0.15) is 12.4 Å². The van der Waals surface area contributed by atoms with Crippen molar-refractivity contribution < 1.29 is 14.3 Å². The molecule has 0 aromatic carbocycles. The van der Waals surface area contributed by atoms with E-state index in [2.05, 4.69) is 0 Å². The quantitative estimate of drug-likeness (QED) is 0.717. The van der Waals surface area contributed by atoms with Gasteiger partial charge < -0.3 is 9.47 Å². The van der Waals surface area contributed by atoms with Crippen LogP contribution in [0.25, 0.3) is 0 Å². The maximum Gasteiger partial charge on any atom is 0.160 e. The van der Waals surface area contributed by atoms with Crippen LogP contribution in [0.2, 0.25) is 0 Å². The van der Waals surface area contributed by atoms with Crippen molar-refractivity contribution in [2.75, 3.05) is 13.2 Å². The van der Waals surface area contributed by atoms with E-state index in [4.69, 9.17) is 9.47 Å². The van der Waals surface area contributed by atoms with Gasteiger partial charge in [0, 0.05) is 18.1 Å². The summed E-state index contributed by atoms with van der Waals surface area (Å²) in [5.74, 6) is 0.771. The highest BCUT2D eigenvalue weighted by atomic mass is 32.1. The monoisotopic (exact) mass is 212 g/mol. The predicted molar refractivity (Wildman–Crippen MR) is 54.2 cm³/mol. The molecule has 1 aliphatic rings. The van der Waals surface area contributed by atoms with Crippen LogP contribution in [0, 0.1) is 0 Å². The van der Waals surface area contributed by atoms with Crippen molar-refractivity contribution in [3.05, 3.63) is 16.3 Å². The Balaban J connectivity index is 1.81. The van der Waals surface area contributed by atoms with Crippen molar-refractivity contribution in [1.82, 2.24) is 0 Å². The lowest BCUT2D eigenvalue weighted by molar-refractivity contribution is 0.0681. The molecule has 3 nitrogen and oxygen atoms in total. The van der Waals surface area contributed by atoms with Gasteiger partial charge in [-0.1, -0.05) is 0 Å². The van der Waals surface area contributed by atoms with Crippen LogP contribution in [-0.4, -0.2) is 25.6 Å². The molecule has 0 radical (unpaired) electrons. The highest BCUT2D eigenvalue weighted by Crippen LogP contribution is 2.21. The molecule has 0 saturated carbocycles. The first-order valence-corrected chi connectivity index (χ1v) is 5.54. The van der Waals surface area contributed by atoms with E-state index in [9.17, 15) is 4.79 Å². The average Bonchev–Trinajstić information content (AvgIpc) is 2.86. The molecule has 2 heterocycles. The van der Waals surface area contributed by atoms with Crippen LogP contribution in [0.4, 0.5) is 0 Å². The van der Waals surface area contributed by atoms with Gasteiger partial charge in [0.05, 0.1) is 11.0 Å². The third kappa shape index (κ3) is 2.33. The zero-order valence-corrected chi connectivity index (χ0v) is 8.59. The number of hydrogen-bond donors (Lipinski definition) is 0. The van der Waals surface area contributed by atoms with E-state index < -0.39 is 0 Å². The third-order valence-corrected chi connectivity index (χ3v) is 3.01. The second kappa shape index (κ2) is 4.57. The number of carbonyl (C=O) groups is 1. The van der Waals surface area contributed by atoms with Gasteiger partial charge in [-0.05, 0) is 12.8 Å². The van der Waals surface area contributed by atoms with E-state index >= 15 is 0 Å². The molecule has 1 aliphatic heterocycles. The molecule has 0 spiro atoms. The van der Waals surface area contributed by atoms with Gasteiger partial charge in [0.15, 0.2) is 6.29 Å². The minimum atomic E-state index is 0.231. The summed E-state index contributed by atoms with van der Waals surface area (Å²) in [5.41, 5.74) is 0. The zero-order valence-electron chi connectivity index (χ0n) is 7.77. The van der Waals surface area contributed by atoms with Crippen LogP contribution in [0.1, 0.15) is 22.5 Å². The first-order valence-electron chi connectivity index (χ1n) is 4.66. The SMILES string of the molecule is O=Cc1cc(OCC2CCCO2)cs1. The largest absolute Gasteiger partial charge is 0.490 e. The maximum atomic E-state index is 10.4. The van der Waals surface area contributed by atoms with Gasteiger partial charge in [-0.3, -0.25) is 4.79 Å². The van der Waals surface area contributed by atoms with Crippen LogP contribution in [0.3, 0.4) is 0 Å². The molecule has 0 amide bonds. The number of ether oxygens (including phenoxy) is 2. The fourth-order valence-electron chi connectivity index (χ4n) is 1.44. The molecule has 1 aromatic heterocycles. The summed E-state index contributed by atoms with van der Waals surface area (Å²) in [6.45, 7) is 1.44. The fraction of sp³-hybridized carbons (Fsp3) is 0.500. The van der Waals surface area contributed by atoms with E-state index in [1.165, 1.54) is 11.3 Å². The van der Waals surface area contributed by atoms with E-state index in [0.29, 0.717) is 11.5 Å². The Labute approximate surface area is 86.6 Å². The summed E-state index contributed by atoms with van der Waals surface area (Å²) >= 11 is 1.40. The lowest BCUT2D eigenvalue weighted by atomic mass is 10.2. The van der Waals surface area contributed by atoms with Crippen LogP contribution in [0.15, 0.2) is 11.4 Å². The van der Waals surface area contributed by atoms with Crippen LogP contribution >= 0.6 is 11.3 Å². The Kier molecular flexibility index (Phi) is 3.16. The number of rotatable bonds is 4. The summed E-state index contributed by atoms with van der Waals surface area (Å²) in [7, 11) is 0. The van der Waals surface area contributed by atoms with Gasteiger partial charge in [-0.25, -0.2) is 0 Å². The zero-order chi connectivity index (χ0) is 9.80. The van der Waals surface area contributed by atoms with Crippen LogP contribution in [-0.2, 0) is 4.74 Å². The molecule has 0 bridgehead atoms. The lowest BCUT2D eigenvalue weighted by Crippen LogP contribution is -2.15. The molecule has 1 atom stereocenters. The second-order valence-corrected chi connectivity index (χ2v) is 4.19. The molecule has 76 valence electrons. The molecule has 0 N–H and O–H groups in total. The maximum absolute atomic E-state index is 10.4. The molecule has 14 heavy (non-hydrogen) atoms. The topological polar surface area (TPSA) is 35.5 Å². The van der Waals surface area contributed by atoms with E-state index in [1.807, 2.05) is 5.38 Å². The summed E-state index contributed by atoms with van der Waals surface area (Å²) in [6.07, 6.45) is 3.26. The molecule has 0 aliphatic carbocycles. The van der Waals surface area contributed by atoms with Crippen LogP contribution < -0.4 is 4.74 Å². The first kappa shape index (κ1) is 9.68. The Morgan fingerprint density at radius 2 is 2.64 bits per heavy atom. The van der Waals surface area contributed by atoms with Gasteiger partial charge >= 0.3 is 0 Å². The van der Waals surface area contributed by atoms with Gasteiger partial charge in [-0.2, -0.15) is 0 Å². The molecule has 1 fully saturated rings. The number of carbonyl (C=O) groups excluding carboxylic acids is 1. The lowest BCUT2D eigenvalue weighted by Gasteiger charge is -2.09. The summed E-state index contributed by atoms with van der Waals surface area (Å²) < 4.78 is 10.9. The molecule has 1 aromatic rings. The Morgan fingerprint density at radius 1 is 1.71 bits per heavy atom. The molecule has 1 unspecified atom stereocenters. The van der Waals surface area contributed by atoms with Crippen molar-refractivity contribution in [2.24, 2.45) is 0 Å². The number of thiophene rings is 1. The first-order chi connectivity index (χ1) is 6.88. The van der Waals surface area contributed by atoms with Crippen molar-refractivity contribution >= 4 is 17.6 Å². The highest BCUT2D eigenvalue weighted by Gasteiger charge is 2.16. The van der Waals surface area contributed by atoms with E-state index in [0.717, 1.165) is 31.5 Å². The minimum absolute atomic E-state index is 0.231. The molecule has 1 saturated heterocycles. The summed E-state index contributed by atoms with van der Waals surface area (Å²) in [5, 5.41) is 1.85. The molecule has 2 rings (SSSR count).